The lowest BCUT2D eigenvalue weighted by atomic mass is 10.0. The molecule has 0 saturated heterocycles. The first kappa shape index (κ1) is 11.4. The Kier molecular flexibility index (Phi) is 3.17. The van der Waals surface area contributed by atoms with Gasteiger partial charge in [0.2, 0.25) is 0 Å². The van der Waals surface area contributed by atoms with Crippen LogP contribution in [0, 0.1) is 12.7 Å². The van der Waals surface area contributed by atoms with Crippen molar-refractivity contribution in [2.24, 2.45) is 0 Å². The molecule has 2 aromatic carbocycles. The summed E-state index contributed by atoms with van der Waals surface area (Å²) in [6, 6.07) is 10.1. The number of hydrogen-bond donors (Lipinski definition) is 0. The maximum Gasteiger partial charge on any atom is 0.123 e. The quantitative estimate of drug-likeness (QED) is 0.664. The topological polar surface area (TPSA) is 0 Å². The third kappa shape index (κ3) is 2.21. The van der Waals surface area contributed by atoms with Gasteiger partial charge >= 0.3 is 0 Å². The van der Waals surface area contributed by atoms with Crippen molar-refractivity contribution >= 4 is 23.2 Å². The Bertz CT molecular complexity index is 535. The van der Waals surface area contributed by atoms with E-state index in [2.05, 4.69) is 0 Å². The molecule has 16 heavy (non-hydrogen) atoms. The summed E-state index contributed by atoms with van der Waals surface area (Å²) < 4.78 is 13.0. The zero-order valence-corrected chi connectivity index (χ0v) is 10.1. The SMILES string of the molecule is Cc1cc(F)ccc1-c1ccc(Cl)c(Cl)c1. The first-order valence-electron chi connectivity index (χ1n) is 4.79. The van der Waals surface area contributed by atoms with Gasteiger partial charge in [0.05, 0.1) is 10.0 Å². The number of hydrogen-bond acceptors (Lipinski definition) is 0. The van der Waals surface area contributed by atoms with E-state index in [0.29, 0.717) is 10.0 Å². The molecule has 2 aromatic rings. The number of rotatable bonds is 1. The van der Waals surface area contributed by atoms with Crippen LogP contribution in [-0.2, 0) is 0 Å². The summed E-state index contributed by atoms with van der Waals surface area (Å²) in [5.41, 5.74) is 2.77. The Morgan fingerprint density at radius 2 is 1.69 bits per heavy atom. The zero-order chi connectivity index (χ0) is 11.7. The minimum absolute atomic E-state index is 0.235. The fourth-order valence-electron chi connectivity index (χ4n) is 1.61. The summed E-state index contributed by atoms with van der Waals surface area (Å²) in [5.74, 6) is -0.235. The highest BCUT2D eigenvalue weighted by Gasteiger charge is 2.05. The van der Waals surface area contributed by atoms with Gasteiger partial charge < -0.3 is 0 Å². The van der Waals surface area contributed by atoms with E-state index in [9.17, 15) is 4.39 Å². The van der Waals surface area contributed by atoms with Crippen molar-refractivity contribution in [2.45, 2.75) is 6.92 Å². The molecule has 3 heteroatoms. The predicted molar refractivity (Wildman–Crippen MR) is 66.6 cm³/mol. The van der Waals surface area contributed by atoms with Crippen LogP contribution in [0.3, 0.4) is 0 Å². The van der Waals surface area contributed by atoms with Crippen molar-refractivity contribution in [1.82, 2.24) is 0 Å². The lowest BCUT2D eigenvalue weighted by Crippen LogP contribution is -1.85. The van der Waals surface area contributed by atoms with Crippen molar-refractivity contribution in [3.05, 3.63) is 57.8 Å². The lowest BCUT2D eigenvalue weighted by Gasteiger charge is -2.07. The summed E-state index contributed by atoms with van der Waals surface area (Å²) in [6.07, 6.45) is 0. The minimum Gasteiger partial charge on any atom is -0.207 e. The molecule has 0 heterocycles. The second-order valence-electron chi connectivity index (χ2n) is 3.59. The normalized spacial score (nSPS) is 10.5. The van der Waals surface area contributed by atoms with E-state index >= 15 is 0 Å². The van der Waals surface area contributed by atoms with Crippen LogP contribution < -0.4 is 0 Å². The van der Waals surface area contributed by atoms with E-state index in [1.807, 2.05) is 13.0 Å². The van der Waals surface area contributed by atoms with Gasteiger partial charge in [0.25, 0.3) is 0 Å². The second-order valence-corrected chi connectivity index (χ2v) is 4.40. The maximum atomic E-state index is 13.0. The van der Waals surface area contributed by atoms with Crippen LogP contribution >= 0.6 is 23.2 Å². The molecular weight excluding hydrogens is 246 g/mol. The molecule has 0 spiro atoms. The predicted octanol–water partition coefficient (Wildman–Crippen LogP) is 5.11. The fraction of sp³-hybridized carbons (Fsp3) is 0.0769. The van der Waals surface area contributed by atoms with Gasteiger partial charge in [-0.2, -0.15) is 0 Å². The highest BCUT2D eigenvalue weighted by Crippen LogP contribution is 2.30. The standard InChI is InChI=1S/C13H9Cl2F/c1-8-6-10(16)3-4-11(8)9-2-5-12(14)13(15)7-9/h2-7H,1H3. The smallest absolute Gasteiger partial charge is 0.123 e. The van der Waals surface area contributed by atoms with Gasteiger partial charge in [0.15, 0.2) is 0 Å². The summed E-state index contributed by atoms with van der Waals surface area (Å²) in [5, 5.41) is 1.02. The number of benzene rings is 2. The van der Waals surface area contributed by atoms with Crippen LogP contribution in [0.25, 0.3) is 11.1 Å². The van der Waals surface area contributed by atoms with Crippen LogP contribution in [0.4, 0.5) is 4.39 Å². The van der Waals surface area contributed by atoms with Crippen LogP contribution in [0.2, 0.25) is 10.0 Å². The first-order valence-corrected chi connectivity index (χ1v) is 5.55. The van der Waals surface area contributed by atoms with E-state index < -0.39 is 0 Å². The van der Waals surface area contributed by atoms with Crippen LogP contribution in [0.1, 0.15) is 5.56 Å². The molecule has 0 fully saturated rings. The Balaban J connectivity index is 2.54. The fourth-order valence-corrected chi connectivity index (χ4v) is 1.91. The third-order valence-electron chi connectivity index (χ3n) is 2.42. The van der Waals surface area contributed by atoms with Gasteiger partial charge in [0.1, 0.15) is 5.82 Å². The van der Waals surface area contributed by atoms with Crippen molar-refractivity contribution in [2.75, 3.05) is 0 Å². The first-order chi connectivity index (χ1) is 7.58. The van der Waals surface area contributed by atoms with Gasteiger partial charge in [0, 0.05) is 0 Å². The Hall–Kier alpha value is -1.05. The largest absolute Gasteiger partial charge is 0.207 e. The molecule has 0 N–H and O–H groups in total. The van der Waals surface area contributed by atoms with Crippen molar-refractivity contribution in [3.63, 3.8) is 0 Å². The molecule has 0 unspecified atom stereocenters. The molecule has 0 aliphatic rings. The zero-order valence-electron chi connectivity index (χ0n) is 8.60. The average molecular weight is 255 g/mol. The summed E-state index contributed by atoms with van der Waals surface area (Å²) in [7, 11) is 0. The average Bonchev–Trinajstić information content (AvgIpc) is 2.22. The molecule has 0 aliphatic carbocycles. The minimum atomic E-state index is -0.235. The van der Waals surface area contributed by atoms with E-state index in [1.165, 1.54) is 12.1 Å². The lowest BCUT2D eigenvalue weighted by molar-refractivity contribution is 0.627. The summed E-state index contributed by atoms with van der Waals surface area (Å²) >= 11 is 11.8. The molecule has 0 aliphatic heterocycles. The molecule has 0 aromatic heterocycles. The van der Waals surface area contributed by atoms with E-state index in [-0.39, 0.29) is 5.82 Å². The maximum absolute atomic E-state index is 13.0. The van der Waals surface area contributed by atoms with Crippen molar-refractivity contribution in [1.29, 1.82) is 0 Å². The van der Waals surface area contributed by atoms with E-state index in [4.69, 9.17) is 23.2 Å². The summed E-state index contributed by atoms with van der Waals surface area (Å²) in [6.45, 7) is 1.86. The molecule has 82 valence electrons. The van der Waals surface area contributed by atoms with Crippen LogP contribution in [0.15, 0.2) is 36.4 Å². The van der Waals surface area contributed by atoms with Crippen LogP contribution in [0.5, 0.6) is 0 Å². The molecule has 2 rings (SSSR count). The monoisotopic (exact) mass is 254 g/mol. The highest BCUT2D eigenvalue weighted by atomic mass is 35.5. The van der Waals surface area contributed by atoms with Crippen molar-refractivity contribution in [3.8, 4) is 11.1 Å². The summed E-state index contributed by atoms with van der Waals surface area (Å²) in [4.78, 5) is 0. The molecular formula is C13H9Cl2F. The van der Waals surface area contributed by atoms with Gasteiger partial charge in [-0.25, -0.2) is 4.39 Å². The van der Waals surface area contributed by atoms with Gasteiger partial charge in [-0.15, -0.1) is 0 Å². The number of aryl methyl sites for hydroxylation is 1. The van der Waals surface area contributed by atoms with E-state index in [0.717, 1.165) is 16.7 Å². The Morgan fingerprint density at radius 3 is 2.31 bits per heavy atom. The van der Waals surface area contributed by atoms with Crippen molar-refractivity contribution < 1.29 is 4.39 Å². The van der Waals surface area contributed by atoms with Gasteiger partial charge in [-0.05, 0) is 47.9 Å². The Labute approximate surface area is 104 Å². The van der Waals surface area contributed by atoms with Gasteiger partial charge in [-0.3, -0.25) is 0 Å². The molecule has 0 nitrogen and oxygen atoms in total. The van der Waals surface area contributed by atoms with Crippen LogP contribution in [-0.4, -0.2) is 0 Å². The molecule has 0 amide bonds. The third-order valence-corrected chi connectivity index (χ3v) is 3.16. The second kappa shape index (κ2) is 4.44. The van der Waals surface area contributed by atoms with E-state index in [1.54, 1.807) is 18.2 Å². The molecule has 0 saturated carbocycles. The number of halogens is 3. The molecule has 0 atom stereocenters. The molecule has 0 bridgehead atoms. The Morgan fingerprint density at radius 1 is 0.938 bits per heavy atom. The highest BCUT2D eigenvalue weighted by molar-refractivity contribution is 6.42. The molecule has 0 radical (unpaired) electrons. The van der Waals surface area contributed by atoms with Gasteiger partial charge in [-0.1, -0.05) is 35.3 Å².